The second-order valence-corrected chi connectivity index (χ2v) is 7.44. The molecule has 0 aliphatic carbocycles. The third-order valence-electron chi connectivity index (χ3n) is 5.06. The van der Waals surface area contributed by atoms with Gasteiger partial charge in [-0.1, -0.05) is 6.58 Å². The van der Waals surface area contributed by atoms with E-state index in [4.69, 9.17) is 9.47 Å². The topological polar surface area (TPSA) is 98.3 Å². The average molecular weight is 431 g/mol. The molecule has 1 saturated heterocycles. The lowest BCUT2D eigenvalue weighted by molar-refractivity contribution is -0.111. The lowest BCUT2D eigenvalue weighted by Crippen LogP contribution is -2.26. The van der Waals surface area contributed by atoms with E-state index in [0.29, 0.717) is 17.5 Å². The van der Waals surface area contributed by atoms with Crippen LogP contribution in [0.1, 0.15) is 18.4 Å². The van der Waals surface area contributed by atoms with Gasteiger partial charge in [-0.25, -0.2) is 9.97 Å². The summed E-state index contributed by atoms with van der Waals surface area (Å²) < 4.78 is 11.5. The van der Waals surface area contributed by atoms with Crippen LogP contribution in [-0.4, -0.2) is 40.2 Å². The third-order valence-corrected chi connectivity index (χ3v) is 5.06. The molecule has 0 bridgehead atoms. The first-order valence-electron chi connectivity index (χ1n) is 10.5. The maximum atomic E-state index is 11.4. The van der Waals surface area contributed by atoms with Gasteiger partial charge in [0.25, 0.3) is 0 Å². The molecule has 4 rings (SSSR count). The molecule has 1 aromatic heterocycles. The maximum absolute atomic E-state index is 11.4. The Balaban J connectivity index is 1.45. The number of rotatable bonds is 7. The van der Waals surface area contributed by atoms with Gasteiger partial charge in [0.2, 0.25) is 11.9 Å². The first kappa shape index (κ1) is 21.5. The molecule has 0 spiro atoms. The quantitative estimate of drug-likeness (QED) is 0.539. The number of nitrogens with zero attached hydrogens (tertiary/aromatic N) is 3. The van der Waals surface area contributed by atoms with Crippen LogP contribution in [0.15, 0.2) is 61.4 Å². The van der Waals surface area contributed by atoms with Crippen LogP contribution < -0.4 is 15.4 Å². The van der Waals surface area contributed by atoms with Crippen molar-refractivity contribution in [3.05, 3.63) is 67.0 Å². The van der Waals surface area contributed by atoms with Crippen LogP contribution in [0.5, 0.6) is 5.75 Å². The number of carbonyl (C=O) groups is 1. The van der Waals surface area contributed by atoms with Crippen molar-refractivity contribution < 1.29 is 14.3 Å². The van der Waals surface area contributed by atoms with E-state index in [1.807, 2.05) is 37.3 Å². The van der Waals surface area contributed by atoms with Gasteiger partial charge in [-0.05, 0) is 61.0 Å². The summed E-state index contributed by atoms with van der Waals surface area (Å²) in [5, 5.41) is 5.86. The monoisotopic (exact) mass is 431 g/mol. The number of hydrogen-bond donors (Lipinski definition) is 2. The first-order valence-corrected chi connectivity index (χ1v) is 10.5. The van der Waals surface area contributed by atoms with Gasteiger partial charge in [-0.2, -0.15) is 4.98 Å². The fourth-order valence-corrected chi connectivity index (χ4v) is 3.35. The molecule has 2 N–H and O–H groups in total. The zero-order valence-corrected chi connectivity index (χ0v) is 17.9. The van der Waals surface area contributed by atoms with Crippen LogP contribution in [-0.2, 0) is 9.53 Å². The van der Waals surface area contributed by atoms with Crippen LogP contribution >= 0.6 is 0 Å². The number of ether oxygens (including phenoxy) is 2. The van der Waals surface area contributed by atoms with Gasteiger partial charge in [0, 0.05) is 29.8 Å². The van der Waals surface area contributed by atoms with Gasteiger partial charge in [0.1, 0.15) is 18.2 Å². The number of benzene rings is 2. The average Bonchev–Trinajstić information content (AvgIpc) is 2.82. The summed E-state index contributed by atoms with van der Waals surface area (Å²) in [5.41, 5.74) is 3.38. The van der Waals surface area contributed by atoms with E-state index in [-0.39, 0.29) is 12.0 Å². The highest BCUT2D eigenvalue weighted by Crippen LogP contribution is 2.27. The summed E-state index contributed by atoms with van der Waals surface area (Å²) >= 11 is 0. The van der Waals surface area contributed by atoms with E-state index >= 15 is 0 Å². The molecule has 1 fully saturated rings. The Hall–Kier alpha value is -3.78. The Morgan fingerprint density at radius 3 is 2.59 bits per heavy atom. The van der Waals surface area contributed by atoms with E-state index in [1.54, 1.807) is 12.1 Å². The Morgan fingerprint density at radius 1 is 1.12 bits per heavy atom. The van der Waals surface area contributed by atoms with Gasteiger partial charge in [-0.3, -0.25) is 4.79 Å². The van der Waals surface area contributed by atoms with E-state index in [0.717, 1.165) is 48.6 Å². The van der Waals surface area contributed by atoms with Crippen LogP contribution in [0.4, 0.5) is 17.3 Å². The molecule has 3 aromatic rings. The van der Waals surface area contributed by atoms with Crippen molar-refractivity contribution in [2.24, 2.45) is 0 Å². The van der Waals surface area contributed by atoms with Gasteiger partial charge in [0.05, 0.1) is 13.2 Å². The third kappa shape index (κ3) is 5.47. The molecule has 2 heterocycles. The van der Waals surface area contributed by atoms with Crippen molar-refractivity contribution in [2.45, 2.75) is 25.9 Å². The Morgan fingerprint density at radius 2 is 1.88 bits per heavy atom. The Kier molecular flexibility index (Phi) is 6.72. The number of aryl methyl sites for hydroxylation is 1. The summed E-state index contributed by atoms with van der Waals surface area (Å²) in [4.78, 5) is 24.5. The predicted molar refractivity (Wildman–Crippen MR) is 123 cm³/mol. The molecule has 8 heteroatoms. The van der Waals surface area contributed by atoms with Crippen molar-refractivity contribution in [1.29, 1.82) is 0 Å². The zero-order chi connectivity index (χ0) is 22.3. The predicted octanol–water partition coefficient (Wildman–Crippen LogP) is 4.27. The smallest absolute Gasteiger partial charge is 0.247 e. The van der Waals surface area contributed by atoms with Crippen LogP contribution in [0.25, 0.3) is 11.4 Å². The lowest BCUT2D eigenvalue weighted by Gasteiger charge is -2.24. The number of hydrogen-bond acceptors (Lipinski definition) is 7. The molecular weight excluding hydrogens is 406 g/mol. The lowest BCUT2D eigenvalue weighted by atomic mass is 10.1. The summed E-state index contributed by atoms with van der Waals surface area (Å²) in [6.45, 7) is 6.95. The second kappa shape index (κ2) is 10.0. The fraction of sp³-hybridized carbons (Fsp3) is 0.250. The minimum Gasteiger partial charge on any atom is -0.490 e. The molecule has 0 atom stereocenters. The minimum atomic E-state index is -0.257. The highest BCUT2D eigenvalue weighted by Gasteiger charge is 2.16. The second-order valence-electron chi connectivity index (χ2n) is 7.44. The van der Waals surface area contributed by atoms with Gasteiger partial charge >= 0.3 is 0 Å². The molecule has 1 amide bonds. The van der Waals surface area contributed by atoms with Crippen LogP contribution in [0.2, 0.25) is 0 Å². The van der Waals surface area contributed by atoms with E-state index in [9.17, 15) is 4.79 Å². The van der Waals surface area contributed by atoms with Gasteiger partial charge < -0.3 is 20.1 Å². The summed E-state index contributed by atoms with van der Waals surface area (Å²) in [6.07, 6.45) is 4.71. The molecule has 0 saturated carbocycles. The molecule has 2 aromatic carbocycles. The number of anilines is 3. The van der Waals surface area contributed by atoms with Crippen molar-refractivity contribution >= 4 is 23.2 Å². The van der Waals surface area contributed by atoms with Crippen LogP contribution in [0.3, 0.4) is 0 Å². The van der Waals surface area contributed by atoms with Crippen LogP contribution in [0, 0.1) is 6.92 Å². The Bertz CT molecular complexity index is 1100. The normalized spacial score (nSPS) is 13.9. The number of carbonyl (C=O) groups excluding carboxylic acids is 1. The van der Waals surface area contributed by atoms with E-state index < -0.39 is 0 Å². The minimum absolute atomic E-state index is 0.192. The first-order chi connectivity index (χ1) is 15.6. The number of amides is 1. The molecule has 1 aliphatic rings. The summed E-state index contributed by atoms with van der Waals surface area (Å²) in [5.74, 6) is 1.61. The highest BCUT2D eigenvalue weighted by atomic mass is 16.5. The molecule has 164 valence electrons. The number of aromatic nitrogens is 3. The maximum Gasteiger partial charge on any atom is 0.247 e. The van der Waals surface area contributed by atoms with Gasteiger partial charge in [0.15, 0.2) is 5.82 Å². The Labute approximate surface area is 186 Å². The molecule has 8 nitrogen and oxygen atoms in total. The van der Waals surface area contributed by atoms with Crippen molar-refractivity contribution in [3.8, 4) is 17.1 Å². The number of nitrogens with one attached hydrogen (secondary N) is 2. The molecule has 0 unspecified atom stereocenters. The zero-order valence-electron chi connectivity index (χ0n) is 17.9. The molecule has 32 heavy (non-hydrogen) atoms. The molecular formula is C24H25N5O3. The van der Waals surface area contributed by atoms with Gasteiger partial charge in [-0.15, -0.1) is 0 Å². The van der Waals surface area contributed by atoms with E-state index in [1.165, 1.54) is 12.4 Å². The van der Waals surface area contributed by atoms with Crippen molar-refractivity contribution in [1.82, 2.24) is 15.0 Å². The molecule has 0 radical (unpaired) electrons. The summed E-state index contributed by atoms with van der Waals surface area (Å²) in [7, 11) is 0. The standard InChI is InChI=1S/C24H25N5O3/c1-3-22(30)27-18-5-7-19(8-6-18)28-24-26-15-25-23(29-24)17-4-9-21(16(2)14-17)32-20-10-12-31-13-11-20/h3-9,14-15,20H,1,10-13H2,2H3,(H,27,30)(H,25,26,28,29). The molecule has 1 aliphatic heterocycles. The van der Waals surface area contributed by atoms with Crippen molar-refractivity contribution in [2.75, 3.05) is 23.8 Å². The van der Waals surface area contributed by atoms with Crippen molar-refractivity contribution in [3.63, 3.8) is 0 Å². The highest BCUT2D eigenvalue weighted by molar-refractivity contribution is 5.98. The van der Waals surface area contributed by atoms with E-state index in [2.05, 4.69) is 32.2 Å². The fourth-order valence-electron chi connectivity index (χ4n) is 3.35. The summed E-state index contributed by atoms with van der Waals surface area (Å²) in [6, 6.07) is 13.2. The largest absolute Gasteiger partial charge is 0.490 e. The SMILES string of the molecule is C=CC(=O)Nc1ccc(Nc2ncnc(-c3ccc(OC4CCOCC4)c(C)c3)n2)cc1.